The van der Waals surface area contributed by atoms with Crippen LogP contribution in [0.25, 0.3) is 0 Å². The van der Waals surface area contributed by atoms with E-state index in [1.54, 1.807) is 11.0 Å². The Labute approximate surface area is 272 Å². The molecule has 0 aromatic heterocycles. The normalized spacial score (nSPS) is 22.8. The summed E-state index contributed by atoms with van der Waals surface area (Å²) in [7, 11) is 0. The molecule has 3 aromatic rings. The first-order valence-corrected chi connectivity index (χ1v) is 16.2. The van der Waals surface area contributed by atoms with Gasteiger partial charge < -0.3 is 19.4 Å². The second kappa shape index (κ2) is 12.6. The van der Waals surface area contributed by atoms with E-state index in [1.165, 1.54) is 0 Å². The first-order chi connectivity index (χ1) is 20.7. The van der Waals surface area contributed by atoms with Crippen LogP contribution < -0.4 is 4.90 Å². The summed E-state index contributed by atoms with van der Waals surface area (Å²) in [4.78, 5) is 32.3. The zero-order chi connectivity index (χ0) is 30.2. The van der Waals surface area contributed by atoms with Gasteiger partial charge in [0.2, 0.25) is 5.91 Å². The van der Waals surface area contributed by atoms with E-state index >= 15 is 0 Å². The van der Waals surface area contributed by atoms with E-state index < -0.39 is 11.1 Å². The van der Waals surface area contributed by atoms with Crippen LogP contribution in [0.1, 0.15) is 43.2 Å². The number of nitrogens with zero attached hydrogens (tertiary/aromatic N) is 3. The lowest BCUT2D eigenvalue weighted by Gasteiger charge is -2.49. The van der Waals surface area contributed by atoms with Gasteiger partial charge in [-0.25, -0.2) is 0 Å². The predicted molar refractivity (Wildman–Crippen MR) is 172 cm³/mol. The summed E-state index contributed by atoms with van der Waals surface area (Å²) in [6.07, 6.45) is 3.65. The van der Waals surface area contributed by atoms with E-state index in [4.69, 9.17) is 51.1 Å². The van der Waals surface area contributed by atoms with Gasteiger partial charge in [0.05, 0.1) is 32.2 Å². The van der Waals surface area contributed by atoms with Crippen LogP contribution in [0.2, 0.25) is 20.1 Å². The molecule has 0 spiro atoms. The minimum Gasteiger partial charge on any atom is -0.359 e. The van der Waals surface area contributed by atoms with Gasteiger partial charge >= 0.3 is 0 Å². The number of hydrogen-bond donors (Lipinski definition) is 0. The Morgan fingerprint density at radius 3 is 2.02 bits per heavy atom. The number of ether oxygens (including phenoxy) is 1. The average molecular weight is 661 g/mol. The van der Waals surface area contributed by atoms with Gasteiger partial charge in [0.15, 0.2) is 0 Å². The van der Waals surface area contributed by atoms with Crippen molar-refractivity contribution in [3.8, 4) is 0 Å². The minimum absolute atomic E-state index is 0.0351. The number of rotatable bonds is 7. The van der Waals surface area contributed by atoms with Crippen LogP contribution in [-0.4, -0.2) is 60.9 Å². The molecule has 3 fully saturated rings. The van der Waals surface area contributed by atoms with Crippen LogP contribution in [0.15, 0.2) is 66.7 Å². The number of piperidine rings is 1. The molecule has 0 bridgehead atoms. The Hall–Kier alpha value is -2.32. The SMILES string of the molecule is O=C1COC(CCN2CCC(c3ccc(Cl)c(Cl)c3)(N3CCCC3=O)CC2)(c2ccc(Cl)c(Cl)c2)CN1c1ccccc1. The molecule has 0 radical (unpaired) electrons. The van der Waals surface area contributed by atoms with Crippen molar-refractivity contribution < 1.29 is 14.3 Å². The zero-order valence-corrected chi connectivity index (χ0v) is 26.7. The largest absolute Gasteiger partial charge is 0.359 e. The molecule has 0 N–H and O–H groups in total. The van der Waals surface area contributed by atoms with Gasteiger partial charge in [0.1, 0.15) is 12.2 Å². The fourth-order valence-electron chi connectivity index (χ4n) is 6.85. The molecule has 1 atom stereocenters. The van der Waals surface area contributed by atoms with Crippen molar-refractivity contribution in [2.24, 2.45) is 0 Å². The van der Waals surface area contributed by atoms with E-state index in [0.29, 0.717) is 39.5 Å². The van der Waals surface area contributed by atoms with Crippen LogP contribution in [-0.2, 0) is 25.5 Å². The van der Waals surface area contributed by atoms with Crippen molar-refractivity contribution in [3.63, 3.8) is 0 Å². The van der Waals surface area contributed by atoms with Crippen molar-refractivity contribution in [1.82, 2.24) is 9.80 Å². The van der Waals surface area contributed by atoms with E-state index in [2.05, 4.69) is 9.80 Å². The Morgan fingerprint density at radius 2 is 1.40 bits per heavy atom. The lowest BCUT2D eigenvalue weighted by atomic mass is 9.79. The molecule has 6 rings (SSSR count). The first kappa shape index (κ1) is 30.7. The molecule has 2 amide bonds. The molecule has 0 saturated carbocycles. The molecular formula is C33H33Cl4N3O3. The highest BCUT2D eigenvalue weighted by molar-refractivity contribution is 6.42. The quantitative estimate of drug-likeness (QED) is 0.262. The van der Waals surface area contributed by atoms with Crippen LogP contribution in [0.4, 0.5) is 5.69 Å². The van der Waals surface area contributed by atoms with Crippen LogP contribution in [0, 0.1) is 0 Å². The lowest BCUT2D eigenvalue weighted by molar-refractivity contribution is -0.142. The molecule has 6 nitrogen and oxygen atoms in total. The molecule has 226 valence electrons. The van der Waals surface area contributed by atoms with Crippen molar-refractivity contribution in [2.45, 2.75) is 43.2 Å². The summed E-state index contributed by atoms with van der Waals surface area (Å²) >= 11 is 25.5. The van der Waals surface area contributed by atoms with Crippen LogP contribution in [0.3, 0.4) is 0 Å². The Bertz CT molecular complexity index is 1510. The van der Waals surface area contributed by atoms with Crippen LogP contribution in [0.5, 0.6) is 0 Å². The number of anilines is 1. The van der Waals surface area contributed by atoms with Gasteiger partial charge in [0.25, 0.3) is 5.91 Å². The molecule has 10 heteroatoms. The number of para-hydroxylation sites is 1. The number of carbonyl (C=O) groups excluding carboxylic acids is 2. The fraction of sp³-hybridized carbons (Fsp3) is 0.394. The molecule has 3 aliphatic rings. The first-order valence-electron chi connectivity index (χ1n) is 14.6. The third kappa shape index (κ3) is 6.03. The lowest BCUT2D eigenvalue weighted by Crippen LogP contribution is -2.56. The molecule has 3 saturated heterocycles. The van der Waals surface area contributed by atoms with Crippen molar-refractivity contribution in [3.05, 3.63) is 97.9 Å². The monoisotopic (exact) mass is 659 g/mol. The highest BCUT2D eigenvalue weighted by Gasteiger charge is 2.47. The van der Waals surface area contributed by atoms with Gasteiger partial charge in [-0.1, -0.05) is 76.7 Å². The molecule has 3 aliphatic heterocycles. The molecule has 0 aliphatic carbocycles. The van der Waals surface area contributed by atoms with Gasteiger partial charge in [-0.15, -0.1) is 0 Å². The molecule has 43 heavy (non-hydrogen) atoms. The summed E-state index contributed by atoms with van der Waals surface area (Å²) in [6.45, 7) is 3.40. The minimum atomic E-state index is -0.777. The number of halogens is 4. The van der Waals surface area contributed by atoms with Crippen molar-refractivity contribution in [1.29, 1.82) is 0 Å². The second-order valence-electron chi connectivity index (χ2n) is 11.6. The van der Waals surface area contributed by atoms with E-state index in [1.807, 2.05) is 60.7 Å². The Morgan fingerprint density at radius 1 is 0.744 bits per heavy atom. The predicted octanol–water partition coefficient (Wildman–Crippen LogP) is 7.56. The molecule has 1 unspecified atom stereocenters. The number of carbonyl (C=O) groups is 2. The number of morpholine rings is 1. The van der Waals surface area contributed by atoms with E-state index in [-0.39, 0.29) is 18.4 Å². The van der Waals surface area contributed by atoms with Gasteiger partial charge in [-0.3, -0.25) is 9.59 Å². The maximum atomic E-state index is 13.0. The summed E-state index contributed by atoms with van der Waals surface area (Å²) in [5, 5.41) is 1.93. The zero-order valence-electron chi connectivity index (χ0n) is 23.7. The fourth-order valence-corrected chi connectivity index (χ4v) is 7.44. The Balaban J connectivity index is 1.25. The second-order valence-corrected chi connectivity index (χ2v) is 13.3. The number of amides is 2. The summed E-state index contributed by atoms with van der Waals surface area (Å²) in [5.41, 5.74) is 1.57. The average Bonchev–Trinajstić information content (AvgIpc) is 3.46. The van der Waals surface area contributed by atoms with Crippen LogP contribution >= 0.6 is 46.4 Å². The molecular weight excluding hydrogens is 628 g/mol. The van der Waals surface area contributed by atoms with Crippen molar-refractivity contribution in [2.75, 3.05) is 44.2 Å². The topological polar surface area (TPSA) is 53.1 Å². The molecule has 3 aromatic carbocycles. The van der Waals surface area contributed by atoms with Crippen molar-refractivity contribution >= 4 is 63.9 Å². The van der Waals surface area contributed by atoms with Gasteiger partial charge in [-0.05, 0) is 73.2 Å². The van der Waals surface area contributed by atoms with E-state index in [0.717, 1.165) is 62.3 Å². The summed E-state index contributed by atoms with van der Waals surface area (Å²) < 4.78 is 6.43. The smallest absolute Gasteiger partial charge is 0.253 e. The third-order valence-electron chi connectivity index (χ3n) is 9.26. The van der Waals surface area contributed by atoms with Gasteiger partial charge in [-0.2, -0.15) is 0 Å². The standard InChI is InChI=1S/C33H33Cl4N3O3/c34-26-10-8-23(19-28(26)36)32(40-15-4-7-30(40)41)12-16-38(17-13-32)18-14-33(24-9-11-27(35)29(37)20-24)22-39(31(42)21-43-33)25-5-2-1-3-6-25/h1-3,5-6,8-11,19-20H,4,7,12-18,21-22H2. The third-order valence-corrected chi connectivity index (χ3v) is 10.7. The van der Waals surface area contributed by atoms with Gasteiger partial charge in [0, 0.05) is 38.3 Å². The highest BCUT2D eigenvalue weighted by Crippen LogP contribution is 2.44. The highest BCUT2D eigenvalue weighted by atomic mass is 35.5. The number of hydrogen-bond acceptors (Lipinski definition) is 4. The maximum absolute atomic E-state index is 13.0. The summed E-state index contributed by atoms with van der Waals surface area (Å²) in [6, 6.07) is 21.0. The molecule has 3 heterocycles. The Kier molecular flexibility index (Phi) is 8.98. The number of likely N-dealkylation sites (tertiary alicyclic amines) is 2. The maximum Gasteiger partial charge on any atom is 0.253 e. The number of benzene rings is 3. The summed E-state index contributed by atoms with van der Waals surface area (Å²) in [5.74, 6) is 0.112. The van der Waals surface area contributed by atoms with E-state index in [9.17, 15) is 9.59 Å².